The van der Waals surface area contributed by atoms with Gasteiger partial charge in [-0.3, -0.25) is 19.6 Å². The topological polar surface area (TPSA) is 98.8 Å². The third-order valence-corrected chi connectivity index (χ3v) is 5.37. The molecule has 8 heteroatoms. The molecule has 2 fully saturated rings. The van der Waals surface area contributed by atoms with E-state index in [-0.39, 0.29) is 24.4 Å². The Morgan fingerprint density at radius 3 is 2.75 bits per heavy atom. The third-order valence-electron chi connectivity index (χ3n) is 5.37. The van der Waals surface area contributed by atoms with Crippen molar-refractivity contribution in [2.75, 3.05) is 39.4 Å². The molecule has 28 heavy (non-hydrogen) atoms. The number of carboxylic acids is 1. The summed E-state index contributed by atoms with van der Waals surface area (Å²) in [5, 5.41) is 16.5. The number of aromatic amines is 1. The number of amides is 1. The van der Waals surface area contributed by atoms with Crippen LogP contribution >= 0.6 is 0 Å². The van der Waals surface area contributed by atoms with Crippen molar-refractivity contribution in [3.05, 3.63) is 41.6 Å². The number of hydrogen-bond acceptors (Lipinski definition) is 5. The normalized spacial score (nSPS) is 22.7. The van der Waals surface area contributed by atoms with Crippen LogP contribution in [0.15, 0.2) is 30.3 Å². The fourth-order valence-electron chi connectivity index (χ4n) is 4.15. The number of nitrogens with zero attached hydrogens (tertiary/aromatic N) is 3. The maximum atomic E-state index is 13.6. The number of ether oxygens (including phenoxy) is 1. The van der Waals surface area contributed by atoms with Crippen molar-refractivity contribution in [1.82, 2.24) is 20.0 Å². The molecule has 2 aliphatic heterocycles. The van der Waals surface area contributed by atoms with Gasteiger partial charge in [-0.1, -0.05) is 30.3 Å². The van der Waals surface area contributed by atoms with Gasteiger partial charge in [-0.2, -0.15) is 5.10 Å². The van der Waals surface area contributed by atoms with Crippen LogP contribution in [0.1, 0.15) is 16.1 Å². The molecule has 4 rings (SSSR count). The lowest BCUT2D eigenvalue weighted by atomic mass is 10.0. The first-order chi connectivity index (χ1) is 13.5. The zero-order valence-electron chi connectivity index (χ0n) is 15.8. The second-order valence-electron chi connectivity index (χ2n) is 7.54. The molecular weight excluding hydrogens is 360 g/mol. The van der Waals surface area contributed by atoms with Crippen molar-refractivity contribution in [1.29, 1.82) is 0 Å². The minimum atomic E-state index is -0.851. The molecule has 2 bridgehead atoms. The van der Waals surface area contributed by atoms with Gasteiger partial charge in [-0.05, 0) is 6.92 Å². The number of aliphatic carboxylic acids is 1. The summed E-state index contributed by atoms with van der Waals surface area (Å²) >= 11 is 0. The molecule has 8 nitrogen and oxygen atoms in total. The molecule has 0 aliphatic carbocycles. The zero-order valence-corrected chi connectivity index (χ0v) is 15.8. The maximum absolute atomic E-state index is 13.6. The molecule has 2 N–H and O–H groups in total. The van der Waals surface area contributed by atoms with Crippen LogP contribution in [0.2, 0.25) is 0 Å². The Bertz CT molecular complexity index is 866. The Morgan fingerprint density at radius 1 is 1.21 bits per heavy atom. The Kier molecular flexibility index (Phi) is 5.15. The maximum Gasteiger partial charge on any atom is 0.317 e. The Morgan fingerprint density at radius 2 is 2.00 bits per heavy atom. The minimum Gasteiger partial charge on any atom is -0.480 e. The molecule has 0 unspecified atom stereocenters. The van der Waals surface area contributed by atoms with Gasteiger partial charge in [0.15, 0.2) is 0 Å². The Balaban J connectivity index is 1.65. The monoisotopic (exact) mass is 384 g/mol. The van der Waals surface area contributed by atoms with E-state index in [2.05, 4.69) is 10.2 Å². The van der Waals surface area contributed by atoms with Crippen LogP contribution < -0.4 is 0 Å². The average Bonchev–Trinajstić information content (AvgIpc) is 2.82. The molecule has 148 valence electrons. The first-order valence-corrected chi connectivity index (χ1v) is 9.46. The van der Waals surface area contributed by atoms with Gasteiger partial charge in [0.25, 0.3) is 5.91 Å². The summed E-state index contributed by atoms with van der Waals surface area (Å²) in [6.07, 6.45) is 0. The van der Waals surface area contributed by atoms with Gasteiger partial charge < -0.3 is 14.7 Å². The predicted octanol–water partition coefficient (Wildman–Crippen LogP) is 1.24. The van der Waals surface area contributed by atoms with Gasteiger partial charge in [-0.15, -0.1) is 0 Å². The number of carbonyl (C=O) groups excluding carboxylic acids is 1. The summed E-state index contributed by atoms with van der Waals surface area (Å²) in [7, 11) is 0. The molecule has 3 heterocycles. The molecule has 2 aliphatic rings. The summed E-state index contributed by atoms with van der Waals surface area (Å²) in [5.41, 5.74) is 2.83. The molecule has 2 atom stereocenters. The number of benzene rings is 1. The molecule has 2 saturated heterocycles. The minimum absolute atomic E-state index is 0.0188. The van der Waals surface area contributed by atoms with Gasteiger partial charge in [0.1, 0.15) is 5.69 Å². The average molecular weight is 384 g/mol. The van der Waals surface area contributed by atoms with Crippen LogP contribution in [0.25, 0.3) is 11.3 Å². The van der Waals surface area contributed by atoms with E-state index >= 15 is 0 Å². The van der Waals surface area contributed by atoms with Gasteiger partial charge in [0.05, 0.1) is 31.4 Å². The first kappa shape index (κ1) is 18.6. The highest BCUT2D eigenvalue weighted by molar-refractivity contribution is 6.01. The van der Waals surface area contributed by atoms with E-state index in [0.717, 1.165) is 11.3 Å². The van der Waals surface area contributed by atoms with Gasteiger partial charge in [0, 0.05) is 36.8 Å². The molecule has 0 saturated carbocycles. The van der Waals surface area contributed by atoms with Crippen molar-refractivity contribution >= 4 is 11.9 Å². The standard InChI is InChI=1S/C20H24N4O4/c1-13-18(19(22-21-13)15-5-3-2-4-6-15)20(27)24-8-14-7-23(10-17(25)26)9-16(24)12-28-11-14/h2-6,14,16H,7-12H2,1H3,(H,21,22)(H,25,26)/t14-,16-/m0/s1. The van der Waals surface area contributed by atoms with E-state index in [0.29, 0.717) is 44.1 Å². The summed E-state index contributed by atoms with van der Waals surface area (Å²) < 4.78 is 5.77. The lowest BCUT2D eigenvalue weighted by Gasteiger charge is -2.30. The van der Waals surface area contributed by atoms with E-state index in [1.165, 1.54) is 0 Å². The number of hydrogen-bond donors (Lipinski definition) is 2. The number of rotatable bonds is 4. The molecule has 1 aromatic carbocycles. The Hall–Kier alpha value is -2.71. The van der Waals surface area contributed by atoms with Crippen LogP contribution in [0.3, 0.4) is 0 Å². The largest absolute Gasteiger partial charge is 0.480 e. The predicted molar refractivity (Wildman–Crippen MR) is 102 cm³/mol. The van der Waals surface area contributed by atoms with Crippen molar-refractivity contribution in [3.63, 3.8) is 0 Å². The van der Waals surface area contributed by atoms with Crippen molar-refractivity contribution < 1.29 is 19.4 Å². The smallest absolute Gasteiger partial charge is 0.317 e. The number of carbonyl (C=O) groups is 2. The van der Waals surface area contributed by atoms with Gasteiger partial charge in [0.2, 0.25) is 0 Å². The van der Waals surface area contributed by atoms with Crippen LogP contribution in [-0.4, -0.2) is 82.4 Å². The van der Waals surface area contributed by atoms with Crippen LogP contribution in [0.5, 0.6) is 0 Å². The van der Waals surface area contributed by atoms with E-state index in [9.17, 15) is 14.7 Å². The fraction of sp³-hybridized carbons (Fsp3) is 0.450. The van der Waals surface area contributed by atoms with Crippen molar-refractivity contribution in [3.8, 4) is 11.3 Å². The van der Waals surface area contributed by atoms with Gasteiger partial charge in [-0.25, -0.2) is 0 Å². The molecule has 1 amide bonds. The number of aryl methyl sites for hydroxylation is 1. The highest BCUT2D eigenvalue weighted by Crippen LogP contribution is 2.28. The summed E-state index contributed by atoms with van der Waals surface area (Å²) in [5.74, 6) is -0.846. The van der Waals surface area contributed by atoms with E-state index in [4.69, 9.17) is 4.74 Å². The third kappa shape index (κ3) is 3.65. The molecule has 2 aromatic rings. The fourth-order valence-corrected chi connectivity index (χ4v) is 4.15. The molecule has 1 aromatic heterocycles. The molecule has 0 spiro atoms. The van der Waals surface area contributed by atoms with E-state index < -0.39 is 5.97 Å². The quantitative estimate of drug-likeness (QED) is 0.823. The summed E-state index contributed by atoms with van der Waals surface area (Å²) in [6, 6.07) is 9.46. The zero-order chi connectivity index (χ0) is 19.7. The first-order valence-electron chi connectivity index (χ1n) is 9.46. The highest BCUT2D eigenvalue weighted by Gasteiger charge is 2.38. The lowest BCUT2D eigenvalue weighted by Crippen LogP contribution is -2.47. The van der Waals surface area contributed by atoms with Crippen LogP contribution in [0, 0.1) is 12.8 Å². The number of aromatic nitrogens is 2. The number of nitrogens with one attached hydrogen (secondary N) is 1. The van der Waals surface area contributed by atoms with Gasteiger partial charge >= 0.3 is 5.97 Å². The highest BCUT2D eigenvalue weighted by atomic mass is 16.5. The number of H-pyrrole nitrogens is 1. The second kappa shape index (κ2) is 7.73. The summed E-state index contributed by atoms with van der Waals surface area (Å²) in [6.45, 7) is 4.44. The SMILES string of the molecule is Cc1[nH]nc(-c2ccccc2)c1C(=O)N1C[C@H]2COC[C@@H]1CN(CC(=O)O)C2. The lowest BCUT2D eigenvalue weighted by molar-refractivity contribution is -0.138. The van der Waals surface area contributed by atoms with E-state index in [1.54, 1.807) is 0 Å². The van der Waals surface area contributed by atoms with Crippen LogP contribution in [-0.2, 0) is 9.53 Å². The van der Waals surface area contributed by atoms with E-state index in [1.807, 2.05) is 47.1 Å². The number of fused-ring (bicyclic) bond motifs is 3. The molecular formula is C20H24N4O4. The Labute approximate surface area is 163 Å². The molecule has 0 radical (unpaired) electrons. The summed E-state index contributed by atoms with van der Waals surface area (Å²) in [4.78, 5) is 28.5. The van der Waals surface area contributed by atoms with Crippen molar-refractivity contribution in [2.24, 2.45) is 5.92 Å². The number of carboxylic acid groups (broad SMARTS) is 1. The van der Waals surface area contributed by atoms with Crippen LogP contribution in [0.4, 0.5) is 0 Å². The van der Waals surface area contributed by atoms with Crippen molar-refractivity contribution in [2.45, 2.75) is 13.0 Å². The second-order valence-corrected chi connectivity index (χ2v) is 7.54.